The molecule has 70 heavy (non-hydrogen) atoms. The number of hydrogen-bond donors (Lipinski definition) is 0. The molecule has 0 aromatic rings. The average Bonchev–Trinajstić information content (AvgIpc) is 3.36. The van der Waals surface area contributed by atoms with Gasteiger partial charge in [0.2, 0.25) is 0 Å². The van der Waals surface area contributed by atoms with E-state index >= 15 is 0 Å². The molecule has 388 valence electrons. The normalized spacial score (nSPS) is 13.7. The van der Waals surface area contributed by atoms with Crippen LogP contribution in [0, 0.1) is 0 Å². The van der Waals surface area contributed by atoms with Gasteiger partial charge in [-0.1, -0.05) is 222 Å². The Labute approximate surface area is 429 Å². The summed E-state index contributed by atoms with van der Waals surface area (Å²) in [6.07, 6.45) is 89.3. The fraction of sp³-hybridized carbons (Fsp3) is 0.508. The summed E-state index contributed by atoms with van der Waals surface area (Å²) in [6, 6.07) is 0. The highest BCUT2D eigenvalue weighted by atomic mass is 16.6. The van der Waals surface area contributed by atoms with Crippen molar-refractivity contribution in [2.45, 2.75) is 194 Å². The highest BCUT2D eigenvalue weighted by molar-refractivity contribution is 5.70. The van der Waals surface area contributed by atoms with Gasteiger partial charge in [-0.3, -0.25) is 9.59 Å². The Morgan fingerprint density at radius 1 is 0.314 bits per heavy atom. The van der Waals surface area contributed by atoms with Gasteiger partial charge in [0.05, 0.1) is 6.61 Å². The number of ether oxygens (including phenoxy) is 3. The lowest BCUT2D eigenvalue weighted by molar-refractivity contribution is -0.162. The van der Waals surface area contributed by atoms with Gasteiger partial charge in [0, 0.05) is 19.4 Å². The van der Waals surface area contributed by atoms with Crippen LogP contribution in [0.1, 0.15) is 188 Å². The van der Waals surface area contributed by atoms with Gasteiger partial charge >= 0.3 is 11.9 Å². The molecule has 1 unspecified atom stereocenters. The summed E-state index contributed by atoms with van der Waals surface area (Å²) >= 11 is 0. The van der Waals surface area contributed by atoms with Crippen LogP contribution in [0.25, 0.3) is 0 Å². The van der Waals surface area contributed by atoms with Gasteiger partial charge in [0.25, 0.3) is 0 Å². The molecule has 0 fully saturated rings. The van der Waals surface area contributed by atoms with E-state index in [2.05, 4.69) is 197 Å². The van der Waals surface area contributed by atoms with E-state index in [1.807, 2.05) is 6.08 Å². The molecule has 0 spiro atoms. The van der Waals surface area contributed by atoms with Crippen molar-refractivity contribution < 1.29 is 23.8 Å². The van der Waals surface area contributed by atoms with Crippen molar-refractivity contribution in [3.8, 4) is 0 Å². The maximum absolute atomic E-state index is 12.8. The molecule has 0 aliphatic heterocycles. The van der Waals surface area contributed by atoms with Crippen molar-refractivity contribution in [1.29, 1.82) is 0 Å². The quantitative estimate of drug-likeness (QED) is 0.0345. The molecule has 0 aromatic carbocycles. The third-order valence-corrected chi connectivity index (χ3v) is 10.4. The number of esters is 2. The first kappa shape index (κ1) is 65.0. The molecule has 0 saturated heterocycles. The van der Waals surface area contributed by atoms with Crippen molar-refractivity contribution in [3.05, 3.63) is 182 Å². The fourth-order valence-corrected chi connectivity index (χ4v) is 6.51. The van der Waals surface area contributed by atoms with E-state index in [1.165, 1.54) is 0 Å². The number of carbonyl (C=O) groups excluding carboxylic acids is 2. The van der Waals surface area contributed by atoms with E-state index in [1.54, 1.807) is 0 Å². The molecule has 5 heteroatoms. The minimum Gasteiger partial charge on any atom is -0.462 e. The van der Waals surface area contributed by atoms with Crippen LogP contribution in [0.5, 0.6) is 0 Å². The van der Waals surface area contributed by atoms with Crippen LogP contribution < -0.4 is 0 Å². The molecule has 0 aromatic heterocycles. The molecule has 5 nitrogen and oxygen atoms in total. The Morgan fingerprint density at radius 2 is 0.629 bits per heavy atom. The number of allylic oxidation sites excluding steroid dienone is 30. The maximum atomic E-state index is 12.8. The van der Waals surface area contributed by atoms with E-state index in [9.17, 15) is 9.59 Å². The first-order valence-electron chi connectivity index (χ1n) is 27.3. The molecule has 0 heterocycles. The summed E-state index contributed by atoms with van der Waals surface area (Å²) in [5.41, 5.74) is 0. The minimum absolute atomic E-state index is 0.000683. The highest BCUT2D eigenvalue weighted by Crippen LogP contribution is 2.11. The fourth-order valence-electron chi connectivity index (χ4n) is 6.51. The molecule has 0 rings (SSSR count). The smallest absolute Gasteiger partial charge is 0.306 e. The monoisotopic (exact) mass is 959 g/mol. The van der Waals surface area contributed by atoms with Gasteiger partial charge in [0.15, 0.2) is 6.10 Å². The Morgan fingerprint density at radius 3 is 1.01 bits per heavy atom. The van der Waals surface area contributed by atoms with E-state index < -0.39 is 6.10 Å². The van der Waals surface area contributed by atoms with Crippen LogP contribution >= 0.6 is 0 Å². The van der Waals surface area contributed by atoms with E-state index in [0.29, 0.717) is 19.4 Å². The maximum Gasteiger partial charge on any atom is 0.306 e. The number of carbonyl (C=O) groups is 2. The second kappa shape index (κ2) is 58.3. The topological polar surface area (TPSA) is 61.8 Å². The van der Waals surface area contributed by atoms with E-state index in [4.69, 9.17) is 14.2 Å². The Kier molecular flexibility index (Phi) is 54.1. The van der Waals surface area contributed by atoms with Gasteiger partial charge in [-0.2, -0.15) is 0 Å². The predicted octanol–water partition coefficient (Wildman–Crippen LogP) is 19.0. The lowest BCUT2D eigenvalue weighted by Crippen LogP contribution is -2.30. The third kappa shape index (κ3) is 55.6. The Bertz CT molecular complexity index is 1650. The van der Waals surface area contributed by atoms with Gasteiger partial charge in [-0.15, -0.1) is 0 Å². The van der Waals surface area contributed by atoms with Gasteiger partial charge in [0.1, 0.15) is 6.61 Å². The van der Waals surface area contributed by atoms with E-state index in [0.717, 1.165) is 148 Å². The average molecular weight is 959 g/mol. The van der Waals surface area contributed by atoms with Crippen LogP contribution in [0.4, 0.5) is 0 Å². The molecule has 0 aliphatic rings. The van der Waals surface area contributed by atoms with Crippen LogP contribution in [-0.4, -0.2) is 37.9 Å². The molecule has 0 radical (unpaired) electrons. The molecule has 0 bridgehead atoms. The molecular formula is C65H98O5. The van der Waals surface area contributed by atoms with Crippen LogP contribution in [0.3, 0.4) is 0 Å². The zero-order valence-corrected chi connectivity index (χ0v) is 44.4. The molecule has 0 saturated carbocycles. The number of hydrogen-bond acceptors (Lipinski definition) is 5. The molecule has 1 atom stereocenters. The second-order valence-corrected chi connectivity index (χ2v) is 17.0. The zero-order chi connectivity index (χ0) is 50.6. The SMILES string of the molecule is CC/C=C\C/C=C\C/C=C\C/C=C\C/C=C\C/C=C\CCCOCC(COC(=O)CC/C=C\C/C=C\C/C=C\C/C=C\C/C=C\C/C=C\CC)OC(=O)CCCCCCC/C=C\C/C=C\C/C=C\CC. The molecule has 0 N–H and O–H groups in total. The highest BCUT2D eigenvalue weighted by Gasteiger charge is 2.17. The second-order valence-electron chi connectivity index (χ2n) is 17.0. The Balaban J connectivity index is 4.57. The summed E-state index contributed by atoms with van der Waals surface area (Å²) < 4.78 is 17.3. The molecular weight excluding hydrogens is 861 g/mol. The van der Waals surface area contributed by atoms with Crippen LogP contribution in [0.2, 0.25) is 0 Å². The zero-order valence-electron chi connectivity index (χ0n) is 44.4. The number of unbranched alkanes of at least 4 members (excludes halogenated alkanes) is 6. The summed E-state index contributed by atoms with van der Waals surface area (Å²) in [7, 11) is 0. The Hall–Kier alpha value is -5.00. The lowest BCUT2D eigenvalue weighted by Gasteiger charge is -2.18. The van der Waals surface area contributed by atoms with Crippen molar-refractivity contribution in [2.75, 3.05) is 19.8 Å². The summed E-state index contributed by atoms with van der Waals surface area (Å²) in [5, 5.41) is 0. The third-order valence-electron chi connectivity index (χ3n) is 10.4. The number of rotatable bonds is 47. The molecule has 0 amide bonds. The van der Waals surface area contributed by atoms with Crippen LogP contribution in [0.15, 0.2) is 182 Å². The molecule has 0 aliphatic carbocycles. The largest absolute Gasteiger partial charge is 0.462 e. The summed E-state index contributed by atoms with van der Waals surface area (Å²) in [5.74, 6) is -0.564. The first-order valence-corrected chi connectivity index (χ1v) is 27.3. The van der Waals surface area contributed by atoms with Gasteiger partial charge in [-0.25, -0.2) is 0 Å². The van der Waals surface area contributed by atoms with E-state index in [-0.39, 0.29) is 31.6 Å². The minimum atomic E-state index is -0.623. The predicted molar refractivity (Wildman–Crippen MR) is 306 cm³/mol. The lowest BCUT2D eigenvalue weighted by atomic mass is 10.1. The first-order chi connectivity index (χ1) is 34.6. The standard InChI is InChI=1S/C65H98O5/c1-4-7-10-13-16-19-22-25-28-30-32-34-36-39-42-45-48-51-54-57-60-68-61-63(70-65(67)59-56-53-50-47-44-41-37-27-24-21-18-15-12-9-6-3)62-69-64(66)58-55-52-49-46-43-40-38-35-33-31-29-26-23-20-17-14-11-8-5-2/h7-12,16-21,25-29,32-35,37,39-40,42-43,48-49,51-52,63H,4-6,13-15,22-24,30-31,36,38,41,44-47,50,53-62H2,1-3H3/b10-7-,11-8-,12-9-,19-16-,20-17-,21-18-,28-25-,29-26-,34-32-,35-33-,37-27-,42-39-,43-40-,51-48-,52-49-. The van der Waals surface area contributed by atoms with Gasteiger partial charge in [-0.05, 0) is 135 Å². The van der Waals surface area contributed by atoms with Crippen molar-refractivity contribution in [3.63, 3.8) is 0 Å². The summed E-state index contributed by atoms with van der Waals surface area (Å²) in [6.45, 7) is 7.21. The van der Waals surface area contributed by atoms with Crippen molar-refractivity contribution in [1.82, 2.24) is 0 Å². The summed E-state index contributed by atoms with van der Waals surface area (Å²) in [4.78, 5) is 25.4. The van der Waals surface area contributed by atoms with Gasteiger partial charge < -0.3 is 14.2 Å². The van der Waals surface area contributed by atoms with Crippen LogP contribution in [-0.2, 0) is 23.8 Å². The van der Waals surface area contributed by atoms with Crippen molar-refractivity contribution >= 4 is 11.9 Å². The van der Waals surface area contributed by atoms with Crippen molar-refractivity contribution in [2.24, 2.45) is 0 Å².